The summed E-state index contributed by atoms with van der Waals surface area (Å²) in [6.45, 7) is 14.6. The number of phenols is 1. The number of benzene rings is 1. The summed E-state index contributed by atoms with van der Waals surface area (Å²) in [5.41, 5.74) is 2.45. The molecule has 0 aromatic heterocycles. The van der Waals surface area contributed by atoms with Crippen LogP contribution in [0.1, 0.15) is 63.6 Å². The Bertz CT molecular complexity index is 506. The van der Waals surface area contributed by atoms with Crippen LogP contribution < -0.4 is 0 Å². The smallest absolute Gasteiger partial charge is 0.313 e. The van der Waals surface area contributed by atoms with E-state index >= 15 is 0 Å². The van der Waals surface area contributed by atoms with E-state index in [4.69, 9.17) is 4.74 Å². The molecule has 1 N–H and O–H groups in total. The normalized spacial score (nSPS) is 13.3. The lowest BCUT2D eigenvalue weighted by Crippen LogP contribution is -2.25. The van der Waals surface area contributed by atoms with E-state index in [1.807, 2.05) is 32.9 Å². The highest BCUT2D eigenvalue weighted by atomic mass is 16.5. The van der Waals surface area contributed by atoms with E-state index in [1.54, 1.807) is 0 Å². The van der Waals surface area contributed by atoms with Crippen molar-refractivity contribution >= 4 is 5.97 Å². The minimum absolute atomic E-state index is 0.00959. The van der Waals surface area contributed by atoms with Crippen LogP contribution in [0.3, 0.4) is 0 Å². The van der Waals surface area contributed by atoms with Crippen molar-refractivity contribution in [1.82, 2.24) is 0 Å². The predicted octanol–water partition coefficient (Wildman–Crippen LogP) is 4.73. The summed E-state index contributed by atoms with van der Waals surface area (Å²) in [4.78, 5) is 12.3. The molecule has 0 saturated carbocycles. The molecular formula is C19H30O3. The molecule has 1 unspecified atom stereocenters. The molecule has 1 aromatic rings. The summed E-state index contributed by atoms with van der Waals surface area (Å²) < 4.78 is 5.53. The van der Waals surface area contributed by atoms with Gasteiger partial charge in [-0.05, 0) is 55.2 Å². The fraction of sp³-hybridized carbons (Fsp3) is 0.632. The van der Waals surface area contributed by atoms with E-state index in [9.17, 15) is 9.90 Å². The molecule has 3 heteroatoms. The van der Waals surface area contributed by atoms with E-state index < -0.39 is 0 Å². The van der Waals surface area contributed by atoms with Crippen LogP contribution in [0.25, 0.3) is 0 Å². The molecule has 0 spiro atoms. The van der Waals surface area contributed by atoms with E-state index in [2.05, 4.69) is 27.7 Å². The monoisotopic (exact) mass is 306 g/mol. The summed E-state index contributed by atoms with van der Waals surface area (Å²) in [6, 6.07) is 3.71. The van der Waals surface area contributed by atoms with Gasteiger partial charge in [-0.15, -0.1) is 0 Å². The summed E-state index contributed by atoms with van der Waals surface area (Å²) in [7, 11) is 0. The van der Waals surface area contributed by atoms with Crippen molar-refractivity contribution in [1.29, 1.82) is 0 Å². The van der Waals surface area contributed by atoms with Gasteiger partial charge in [0.15, 0.2) is 0 Å². The van der Waals surface area contributed by atoms with Gasteiger partial charge >= 0.3 is 5.97 Å². The molecule has 1 aromatic carbocycles. The number of hydrogen-bond donors (Lipinski definition) is 1. The van der Waals surface area contributed by atoms with Gasteiger partial charge in [0, 0.05) is 0 Å². The fourth-order valence-electron chi connectivity index (χ4n) is 2.93. The first-order valence-electron chi connectivity index (χ1n) is 8.00. The van der Waals surface area contributed by atoms with Crippen LogP contribution in [0.4, 0.5) is 0 Å². The first-order chi connectivity index (χ1) is 10.0. The summed E-state index contributed by atoms with van der Waals surface area (Å²) in [5.74, 6) is 0.338. The molecule has 1 rings (SSSR count). The van der Waals surface area contributed by atoms with Crippen molar-refractivity contribution in [2.24, 2.45) is 11.3 Å². The Morgan fingerprint density at radius 3 is 2.14 bits per heavy atom. The Hall–Kier alpha value is -1.51. The van der Waals surface area contributed by atoms with E-state index in [0.29, 0.717) is 18.3 Å². The maximum atomic E-state index is 12.3. The highest BCUT2D eigenvalue weighted by Crippen LogP contribution is 2.29. The second kappa shape index (κ2) is 7.17. The van der Waals surface area contributed by atoms with Gasteiger partial charge in [-0.25, -0.2) is 0 Å². The third-order valence-electron chi connectivity index (χ3n) is 3.93. The Balaban J connectivity index is 2.74. The van der Waals surface area contributed by atoms with Gasteiger partial charge in [0.2, 0.25) is 0 Å². The maximum absolute atomic E-state index is 12.3. The third-order valence-corrected chi connectivity index (χ3v) is 3.93. The first kappa shape index (κ1) is 18.5. The molecule has 0 fully saturated rings. The zero-order valence-electron chi connectivity index (χ0n) is 15.0. The molecule has 0 aliphatic rings. The van der Waals surface area contributed by atoms with Gasteiger partial charge < -0.3 is 9.84 Å². The molecule has 22 heavy (non-hydrogen) atoms. The highest BCUT2D eigenvalue weighted by molar-refractivity contribution is 5.78. The number of carbonyl (C=O) groups excluding carboxylic acids is 1. The van der Waals surface area contributed by atoms with Crippen molar-refractivity contribution in [3.63, 3.8) is 0 Å². The highest BCUT2D eigenvalue weighted by Gasteiger charge is 2.24. The van der Waals surface area contributed by atoms with Crippen LogP contribution in [0.15, 0.2) is 12.1 Å². The predicted molar refractivity (Wildman–Crippen MR) is 90.2 cm³/mol. The Morgan fingerprint density at radius 1 is 1.18 bits per heavy atom. The lowest BCUT2D eigenvalue weighted by atomic mass is 9.85. The Kier molecular flexibility index (Phi) is 6.04. The molecule has 0 saturated heterocycles. The minimum Gasteiger partial charge on any atom is -0.507 e. The largest absolute Gasteiger partial charge is 0.507 e. The Labute approximate surface area is 134 Å². The van der Waals surface area contributed by atoms with Crippen molar-refractivity contribution < 1.29 is 14.6 Å². The standard InChI is InChI=1S/C19H30O3/c1-12(2)10-19(6,7)11-22-18(21)15(5)16-8-13(3)17(20)14(4)9-16/h8-9,12,15,20H,10-11H2,1-7H3. The summed E-state index contributed by atoms with van der Waals surface area (Å²) in [5, 5.41) is 9.83. The fourth-order valence-corrected chi connectivity index (χ4v) is 2.93. The number of phenolic OH excluding ortho intramolecular Hbond substituents is 1. The van der Waals surface area contributed by atoms with Crippen LogP contribution in [-0.4, -0.2) is 17.7 Å². The number of aromatic hydroxyl groups is 1. The van der Waals surface area contributed by atoms with E-state index in [0.717, 1.165) is 23.1 Å². The van der Waals surface area contributed by atoms with Crippen LogP contribution in [0, 0.1) is 25.2 Å². The number of hydrogen-bond acceptors (Lipinski definition) is 3. The molecule has 124 valence electrons. The molecule has 0 amide bonds. The quantitative estimate of drug-likeness (QED) is 0.773. The van der Waals surface area contributed by atoms with Crippen LogP contribution in [0.5, 0.6) is 5.75 Å². The lowest BCUT2D eigenvalue weighted by molar-refractivity contribution is -0.148. The second-order valence-corrected chi connectivity index (χ2v) is 7.59. The van der Waals surface area contributed by atoms with Gasteiger partial charge in [0.25, 0.3) is 0 Å². The topological polar surface area (TPSA) is 46.5 Å². The van der Waals surface area contributed by atoms with E-state index in [-0.39, 0.29) is 17.3 Å². The molecule has 1 atom stereocenters. The van der Waals surface area contributed by atoms with Crippen LogP contribution >= 0.6 is 0 Å². The number of ether oxygens (including phenoxy) is 1. The van der Waals surface area contributed by atoms with Crippen molar-refractivity contribution in [3.05, 3.63) is 28.8 Å². The zero-order valence-corrected chi connectivity index (χ0v) is 15.0. The molecular weight excluding hydrogens is 276 g/mol. The molecule has 0 bridgehead atoms. The van der Waals surface area contributed by atoms with Gasteiger partial charge in [-0.2, -0.15) is 0 Å². The average Bonchev–Trinajstić information content (AvgIpc) is 2.39. The Morgan fingerprint density at radius 2 is 1.68 bits per heavy atom. The van der Waals surface area contributed by atoms with E-state index in [1.165, 1.54) is 0 Å². The number of aryl methyl sites for hydroxylation is 2. The third kappa shape index (κ3) is 5.04. The van der Waals surface area contributed by atoms with Crippen molar-refractivity contribution in [2.45, 2.75) is 60.8 Å². The van der Waals surface area contributed by atoms with Gasteiger partial charge in [-0.1, -0.05) is 39.8 Å². The zero-order chi connectivity index (χ0) is 17.1. The first-order valence-corrected chi connectivity index (χ1v) is 8.00. The maximum Gasteiger partial charge on any atom is 0.313 e. The average molecular weight is 306 g/mol. The molecule has 0 aliphatic heterocycles. The molecule has 0 aliphatic carbocycles. The second-order valence-electron chi connectivity index (χ2n) is 7.59. The van der Waals surface area contributed by atoms with Crippen LogP contribution in [-0.2, 0) is 9.53 Å². The molecule has 3 nitrogen and oxygen atoms in total. The van der Waals surface area contributed by atoms with Gasteiger partial charge in [0.05, 0.1) is 12.5 Å². The van der Waals surface area contributed by atoms with Crippen molar-refractivity contribution in [3.8, 4) is 5.75 Å². The lowest BCUT2D eigenvalue weighted by Gasteiger charge is -2.27. The number of esters is 1. The summed E-state index contributed by atoms with van der Waals surface area (Å²) >= 11 is 0. The van der Waals surface area contributed by atoms with Crippen LogP contribution in [0.2, 0.25) is 0 Å². The summed E-state index contributed by atoms with van der Waals surface area (Å²) in [6.07, 6.45) is 1.02. The van der Waals surface area contributed by atoms with Gasteiger partial charge in [-0.3, -0.25) is 4.79 Å². The number of rotatable bonds is 6. The molecule has 0 heterocycles. The van der Waals surface area contributed by atoms with Crippen molar-refractivity contribution in [2.75, 3.05) is 6.61 Å². The number of carbonyl (C=O) groups is 1. The minimum atomic E-state index is -0.326. The molecule has 0 radical (unpaired) electrons. The SMILES string of the molecule is Cc1cc(C(C)C(=O)OCC(C)(C)CC(C)C)cc(C)c1O. The van der Waals surface area contributed by atoms with Gasteiger partial charge in [0.1, 0.15) is 5.75 Å².